The van der Waals surface area contributed by atoms with Crippen LogP contribution in [0.15, 0.2) is 0 Å². The zero-order valence-corrected chi connectivity index (χ0v) is 22.2. The fourth-order valence-electron chi connectivity index (χ4n) is 1.74. The molecule has 0 aromatic carbocycles. The summed E-state index contributed by atoms with van der Waals surface area (Å²) in [6, 6.07) is 0. The first-order chi connectivity index (χ1) is 12.7. The Morgan fingerprint density at radius 2 is 0.903 bits per heavy atom. The molecule has 12 nitrogen and oxygen atoms in total. The van der Waals surface area contributed by atoms with Crippen molar-refractivity contribution in [3.63, 3.8) is 0 Å². The quantitative estimate of drug-likeness (QED) is 0.190. The van der Waals surface area contributed by atoms with Gasteiger partial charge in [0.15, 0.2) is 0 Å². The van der Waals surface area contributed by atoms with Crippen molar-refractivity contribution < 1.29 is 37.3 Å². The van der Waals surface area contributed by atoms with Crippen molar-refractivity contribution >= 4 is 16.4 Å². The van der Waals surface area contributed by atoms with E-state index in [9.17, 15) is 17.8 Å². The molecule has 0 radical (unpaired) electrons. The molecular weight excluding hydrogens is 432 g/mol. The van der Waals surface area contributed by atoms with Crippen LogP contribution >= 0.6 is 0 Å². The summed E-state index contributed by atoms with van der Waals surface area (Å²) in [4.78, 5) is 10.9. The molecule has 0 aliphatic heterocycles. The molecule has 16 N–H and O–H groups in total. The highest BCUT2D eigenvalue weighted by molar-refractivity contribution is 7.81. The minimum absolute atomic E-state index is 0. The van der Waals surface area contributed by atoms with Crippen molar-refractivity contribution in [2.75, 3.05) is 19.8 Å². The van der Waals surface area contributed by atoms with E-state index in [4.69, 9.17) is 15.3 Å². The van der Waals surface area contributed by atoms with Gasteiger partial charge in [-0.3, -0.25) is 4.79 Å². The molecule has 0 fully saturated rings. The third-order valence-corrected chi connectivity index (χ3v) is 3.07. The highest BCUT2D eigenvalue weighted by Gasteiger charge is 2.06. The van der Waals surface area contributed by atoms with Crippen molar-refractivity contribution in [2.45, 2.75) is 91.9 Å². The fourth-order valence-corrected chi connectivity index (χ4v) is 2.05. The maximum Gasteiger partial charge on any atom is 0.321 e. The Kier molecular flexibility index (Phi) is 79.2. The number of unbranched alkanes of at least 4 members (excludes halogenated alkanes) is 8. The Hall–Kier alpha value is -0.900. The molecule has 13 heteroatoms. The number of carbonyl (C=O) groups is 1. The second kappa shape index (κ2) is 47.0. The highest BCUT2D eigenvalue weighted by Crippen LogP contribution is 2.10. The van der Waals surface area contributed by atoms with Crippen molar-refractivity contribution in [3.05, 3.63) is 0 Å². The van der Waals surface area contributed by atoms with Crippen LogP contribution in [0.3, 0.4) is 0 Å². The molecule has 0 rings (SSSR count). The van der Waals surface area contributed by atoms with Gasteiger partial charge in [0.25, 0.3) is 10.4 Å². The van der Waals surface area contributed by atoms with Gasteiger partial charge in [-0.2, -0.15) is 0 Å². The average Bonchev–Trinajstić information content (AvgIpc) is 2.54. The van der Waals surface area contributed by atoms with Gasteiger partial charge in [-0.25, -0.2) is 8.42 Å². The van der Waals surface area contributed by atoms with E-state index in [0.29, 0.717) is 6.42 Å². The second-order valence-electron chi connectivity index (χ2n) is 5.31. The van der Waals surface area contributed by atoms with E-state index in [2.05, 4.69) is 11.1 Å². The summed E-state index contributed by atoms with van der Waals surface area (Å²) < 4.78 is 34.0. The number of hydrogen-bond acceptors (Lipinski definition) is 8. The summed E-state index contributed by atoms with van der Waals surface area (Å²) in [6.45, 7) is 6.89. The zero-order valence-electron chi connectivity index (χ0n) is 21.4. The molecule has 200 valence electrons. The summed E-state index contributed by atoms with van der Waals surface area (Å²) in [5, 5.41) is 26.8. The van der Waals surface area contributed by atoms with Crippen molar-refractivity contribution in [1.29, 1.82) is 0 Å². The van der Waals surface area contributed by atoms with E-state index in [1.165, 1.54) is 32.1 Å². The van der Waals surface area contributed by atoms with Crippen LogP contribution in [0.1, 0.15) is 91.9 Å². The van der Waals surface area contributed by atoms with Crippen LogP contribution in [0.2, 0.25) is 0 Å². The van der Waals surface area contributed by atoms with Crippen LogP contribution in [0.4, 0.5) is 0 Å². The normalized spacial score (nSPS) is 8.39. The first-order valence-corrected chi connectivity index (χ1v) is 11.0. The van der Waals surface area contributed by atoms with E-state index >= 15 is 0 Å². The Balaban J connectivity index is -0.0000000583. The largest absolute Gasteiger partial charge is 0.855 e. The lowest BCUT2D eigenvalue weighted by atomic mass is 10.1. The van der Waals surface area contributed by atoms with Crippen LogP contribution in [0.5, 0.6) is 0 Å². The SMILES string of the molecule is CCCCCCCCCCCC(=O)OS(=O)(=O)[O-].CC[O-].CC[O-].CC[O-].[NH4+].[NH4+].[NH4+].[NH4+]. The molecule has 0 saturated carbocycles. The lowest BCUT2D eigenvalue weighted by Crippen LogP contribution is -2.11. The van der Waals surface area contributed by atoms with Gasteiger partial charge < -0.3 is 48.7 Å². The first-order valence-electron chi connectivity index (χ1n) is 9.62. The standard InChI is InChI=1S/C12H24O5S.3C2H5O.4H3N/c1-2-3-4-5-6-7-8-9-10-11-12(13)17-18(14,15)16;3*1-2-3;;;;/h2-11H2,1H3,(H,14,15,16);3*2H2,1H3;4*1H3/q;3*-1;;;;/p+3. The summed E-state index contributed by atoms with van der Waals surface area (Å²) in [7, 11) is -4.88. The van der Waals surface area contributed by atoms with Gasteiger partial charge in [-0.15, -0.1) is 19.8 Å². The van der Waals surface area contributed by atoms with E-state index in [-0.39, 0.29) is 50.8 Å². The molecule has 0 aliphatic rings. The molecule has 0 aromatic rings. The maximum atomic E-state index is 10.9. The lowest BCUT2D eigenvalue weighted by Gasteiger charge is -2.06. The number of quaternary nitrogens is 4. The molecule has 31 heavy (non-hydrogen) atoms. The number of hydrogen-bond donors (Lipinski definition) is 4. The summed E-state index contributed by atoms with van der Waals surface area (Å²) in [5.41, 5.74) is 0. The molecule has 0 unspecified atom stereocenters. The van der Waals surface area contributed by atoms with Gasteiger partial charge in [-0.05, 0) is 6.42 Å². The Morgan fingerprint density at radius 1 is 0.645 bits per heavy atom. The molecule has 0 heterocycles. The minimum Gasteiger partial charge on any atom is -0.855 e. The zero-order chi connectivity index (χ0) is 22.0. The van der Waals surface area contributed by atoms with Gasteiger partial charge in [-0.1, -0.05) is 79.1 Å². The molecule has 0 aliphatic carbocycles. The van der Waals surface area contributed by atoms with Gasteiger partial charge in [0.2, 0.25) is 0 Å². The smallest absolute Gasteiger partial charge is 0.321 e. The van der Waals surface area contributed by atoms with Crippen LogP contribution in [0.25, 0.3) is 0 Å². The molecule has 0 amide bonds. The van der Waals surface area contributed by atoms with Gasteiger partial charge >= 0.3 is 5.97 Å². The van der Waals surface area contributed by atoms with E-state index in [0.717, 1.165) is 19.3 Å². The number of rotatable bonds is 11. The minimum atomic E-state index is -4.88. The van der Waals surface area contributed by atoms with Crippen LogP contribution in [0, 0.1) is 0 Å². The number of carbonyl (C=O) groups excluding carboxylic acids is 1. The fraction of sp³-hybridized carbons (Fsp3) is 0.944. The van der Waals surface area contributed by atoms with Crippen molar-refractivity contribution in [3.8, 4) is 0 Å². The summed E-state index contributed by atoms with van der Waals surface area (Å²) in [5.74, 6) is -0.951. The van der Waals surface area contributed by atoms with E-state index < -0.39 is 16.4 Å². The van der Waals surface area contributed by atoms with Crippen molar-refractivity contribution in [1.82, 2.24) is 24.6 Å². The van der Waals surface area contributed by atoms with Crippen LogP contribution in [-0.4, -0.2) is 38.8 Å². The predicted octanol–water partition coefficient (Wildman–Crippen LogP) is 2.52. The monoisotopic (exact) mass is 486 g/mol. The Morgan fingerprint density at radius 3 is 1.16 bits per heavy atom. The Labute approximate surface area is 190 Å². The second-order valence-corrected chi connectivity index (χ2v) is 6.29. The van der Waals surface area contributed by atoms with Gasteiger partial charge in [0, 0.05) is 6.42 Å². The topological polar surface area (TPSA) is 299 Å². The molecule has 0 bridgehead atoms. The molecule has 0 aromatic heterocycles. The lowest BCUT2D eigenvalue weighted by molar-refractivity contribution is -0.362. The molecule has 0 atom stereocenters. The molecular formula is C18H54N4O8S. The molecule has 0 saturated heterocycles. The third-order valence-electron chi connectivity index (χ3n) is 2.68. The maximum absolute atomic E-state index is 10.9. The summed E-state index contributed by atoms with van der Waals surface area (Å²) in [6.07, 6.45) is 9.87. The first kappa shape index (κ1) is 52.2. The van der Waals surface area contributed by atoms with Gasteiger partial charge in [0.05, 0.1) is 0 Å². The van der Waals surface area contributed by atoms with E-state index in [1.54, 1.807) is 20.8 Å². The Bertz CT molecular complexity index is 371. The van der Waals surface area contributed by atoms with Crippen LogP contribution in [-0.2, 0) is 19.4 Å². The predicted molar refractivity (Wildman–Crippen MR) is 123 cm³/mol. The van der Waals surface area contributed by atoms with Gasteiger partial charge in [0.1, 0.15) is 0 Å². The summed E-state index contributed by atoms with van der Waals surface area (Å²) >= 11 is 0. The highest BCUT2D eigenvalue weighted by atomic mass is 32.3. The van der Waals surface area contributed by atoms with Crippen molar-refractivity contribution in [2.24, 2.45) is 0 Å². The average molecular weight is 487 g/mol. The van der Waals surface area contributed by atoms with E-state index in [1.807, 2.05) is 0 Å². The third kappa shape index (κ3) is 93.7. The molecule has 0 spiro atoms. The van der Waals surface area contributed by atoms with Crippen LogP contribution < -0.4 is 39.9 Å².